The Labute approximate surface area is 173 Å². The van der Waals surface area contributed by atoms with Gasteiger partial charge in [0, 0.05) is 47.4 Å². The first-order valence-electron chi connectivity index (χ1n) is 9.60. The van der Waals surface area contributed by atoms with E-state index < -0.39 is 4.92 Å². The number of nitro groups is 1. The lowest BCUT2D eigenvalue weighted by Gasteiger charge is -2.29. The van der Waals surface area contributed by atoms with E-state index in [-0.39, 0.29) is 17.6 Å². The van der Waals surface area contributed by atoms with Crippen molar-refractivity contribution in [3.8, 4) is 0 Å². The maximum Gasteiger partial charge on any atom is 0.269 e. The monoisotopic (exact) mass is 399 g/mol. The minimum atomic E-state index is -0.473. The molecular formula is C24H21N3O3. The van der Waals surface area contributed by atoms with Gasteiger partial charge in [-0.05, 0) is 30.7 Å². The second kappa shape index (κ2) is 7.83. The number of aromatic amines is 1. The molecule has 1 atom stereocenters. The van der Waals surface area contributed by atoms with E-state index in [1.54, 1.807) is 11.9 Å². The molecule has 1 aromatic heterocycles. The van der Waals surface area contributed by atoms with Crippen molar-refractivity contribution >= 4 is 22.5 Å². The van der Waals surface area contributed by atoms with Crippen LogP contribution in [0, 0.1) is 17.0 Å². The van der Waals surface area contributed by atoms with Gasteiger partial charge in [0.2, 0.25) is 0 Å². The van der Waals surface area contributed by atoms with Crippen molar-refractivity contribution in [2.24, 2.45) is 0 Å². The minimum Gasteiger partial charge on any atom is -0.361 e. The maximum absolute atomic E-state index is 13.3. The minimum absolute atomic E-state index is 0.0408. The van der Waals surface area contributed by atoms with Crippen LogP contribution in [0.25, 0.3) is 10.9 Å². The zero-order chi connectivity index (χ0) is 21.3. The van der Waals surface area contributed by atoms with E-state index in [9.17, 15) is 14.9 Å². The van der Waals surface area contributed by atoms with Gasteiger partial charge in [-0.3, -0.25) is 14.9 Å². The second-order valence-electron chi connectivity index (χ2n) is 7.32. The van der Waals surface area contributed by atoms with Crippen molar-refractivity contribution in [1.29, 1.82) is 0 Å². The number of nitrogens with one attached hydrogen (secondary N) is 1. The summed E-state index contributed by atoms with van der Waals surface area (Å²) >= 11 is 0. The lowest BCUT2D eigenvalue weighted by Crippen LogP contribution is -2.32. The molecule has 0 aliphatic carbocycles. The summed E-state index contributed by atoms with van der Waals surface area (Å²) in [6, 6.07) is 21.5. The van der Waals surface area contributed by atoms with Crippen LogP contribution in [0.15, 0.2) is 79.0 Å². The van der Waals surface area contributed by atoms with Crippen molar-refractivity contribution in [2.45, 2.75) is 13.0 Å². The molecule has 0 radical (unpaired) electrons. The number of hydrogen-bond acceptors (Lipinski definition) is 3. The van der Waals surface area contributed by atoms with Crippen LogP contribution in [0.4, 0.5) is 5.69 Å². The highest BCUT2D eigenvalue weighted by Crippen LogP contribution is 2.34. The number of H-pyrrole nitrogens is 1. The summed E-state index contributed by atoms with van der Waals surface area (Å²) in [4.78, 5) is 28.7. The molecule has 6 nitrogen and oxygen atoms in total. The van der Waals surface area contributed by atoms with E-state index in [1.807, 2.05) is 61.7 Å². The number of aromatic nitrogens is 1. The summed E-state index contributed by atoms with van der Waals surface area (Å²) in [5, 5.41) is 12.0. The fraction of sp³-hybridized carbons (Fsp3) is 0.125. The number of carbonyl (C=O) groups excluding carboxylic acids is 1. The Bertz CT molecular complexity index is 1210. The second-order valence-corrected chi connectivity index (χ2v) is 7.32. The third-order valence-electron chi connectivity index (χ3n) is 5.34. The zero-order valence-electron chi connectivity index (χ0n) is 16.7. The quantitative estimate of drug-likeness (QED) is 0.368. The van der Waals surface area contributed by atoms with Gasteiger partial charge in [-0.1, -0.05) is 48.0 Å². The highest BCUT2D eigenvalue weighted by atomic mass is 16.6. The van der Waals surface area contributed by atoms with Crippen LogP contribution in [0.5, 0.6) is 0 Å². The largest absolute Gasteiger partial charge is 0.361 e. The molecule has 0 saturated carbocycles. The Balaban J connectivity index is 1.78. The molecule has 0 aliphatic rings. The predicted octanol–water partition coefficient (Wildman–Crippen LogP) is 5.25. The average molecular weight is 399 g/mol. The molecule has 0 saturated heterocycles. The Kier molecular flexibility index (Phi) is 5.06. The van der Waals surface area contributed by atoms with E-state index in [4.69, 9.17) is 0 Å². The number of hydrogen-bond donors (Lipinski definition) is 1. The van der Waals surface area contributed by atoms with Crippen LogP contribution in [0.1, 0.15) is 33.1 Å². The number of non-ortho nitro benzene ring substituents is 1. The molecule has 0 aliphatic heterocycles. The van der Waals surface area contributed by atoms with Crippen molar-refractivity contribution in [3.63, 3.8) is 0 Å². The number of carbonyl (C=O) groups is 1. The van der Waals surface area contributed by atoms with Crippen LogP contribution < -0.4 is 0 Å². The Morgan fingerprint density at radius 3 is 2.33 bits per heavy atom. The molecule has 6 heteroatoms. The van der Waals surface area contributed by atoms with Crippen LogP contribution >= 0.6 is 0 Å². The fourth-order valence-electron chi connectivity index (χ4n) is 3.73. The number of aryl methyl sites for hydroxylation is 1. The van der Waals surface area contributed by atoms with Gasteiger partial charge in [-0.15, -0.1) is 0 Å². The van der Waals surface area contributed by atoms with Crippen LogP contribution in [-0.4, -0.2) is 27.8 Å². The lowest BCUT2D eigenvalue weighted by molar-refractivity contribution is -0.384. The number of amides is 1. The van der Waals surface area contributed by atoms with Gasteiger partial charge in [-0.25, -0.2) is 0 Å². The molecule has 4 aromatic rings. The first kappa shape index (κ1) is 19.4. The molecule has 1 unspecified atom stereocenters. The molecular weight excluding hydrogens is 378 g/mol. The van der Waals surface area contributed by atoms with E-state index in [1.165, 1.54) is 24.3 Å². The standard InChI is InChI=1S/C24H21N3O3/c1-16-7-9-17(10-8-16)23(21-15-25-22-6-4-3-5-20(21)22)26(2)24(28)18-11-13-19(14-12-18)27(29)30/h3-15,23,25H,1-2H3. The van der Waals surface area contributed by atoms with Gasteiger partial charge >= 0.3 is 0 Å². The van der Waals surface area contributed by atoms with Crippen molar-refractivity contribution < 1.29 is 9.72 Å². The summed E-state index contributed by atoms with van der Waals surface area (Å²) in [5.74, 6) is -0.208. The van der Waals surface area contributed by atoms with Gasteiger partial charge in [0.25, 0.3) is 11.6 Å². The summed E-state index contributed by atoms with van der Waals surface area (Å²) in [5.41, 5.74) is 4.48. The van der Waals surface area contributed by atoms with E-state index >= 15 is 0 Å². The Morgan fingerprint density at radius 1 is 1.00 bits per heavy atom. The van der Waals surface area contributed by atoms with E-state index in [2.05, 4.69) is 4.98 Å². The molecule has 3 aromatic carbocycles. The Morgan fingerprint density at radius 2 is 1.67 bits per heavy atom. The number of benzene rings is 3. The molecule has 1 heterocycles. The first-order valence-corrected chi connectivity index (χ1v) is 9.60. The van der Waals surface area contributed by atoms with Crippen molar-refractivity contribution in [3.05, 3.63) is 111 Å². The molecule has 150 valence electrons. The number of rotatable bonds is 5. The van der Waals surface area contributed by atoms with Crippen LogP contribution in [-0.2, 0) is 0 Å². The molecule has 0 spiro atoms. The fourth-order valence-corrected chi connectivity index (χ4v) is 3.73. The van der Waals surface area contributed by atoms with Gasteiger partial charge in [-0.2, -0.15) is 0 Å². The smallest absolute Gasteiger partial charge is 0.269 e. The zero-order valence-corrected chi connectivity index (χ0v) is 16.7. The van der Waals surface area contributed by atoms with Gasteiger partial charge in [0.1, 0.15) is 0 Å². The first-order chi connectivity index (χ1) is 14.5. The SMILES string of the molecule is Cc1ccc(C(c2c[nH]c3ccccc23)N(C)C(=O)c2ccc([N+](=O)[O-])cc2)cc1. The molecule has 4 rings (SSSR count). The topological polar surface area (TPSA) is 79.2 Å². The molecule has 30 heavy (non-hydrogen) atoms. The van der Waals surface area contributed by atoms with Gasteiger partial charge in [0.05, 0.1) is 11.0 Å². The van der Waals surface area contributed by atoms with E-state index in [0.29, 0.717) is 5.56 Å². The molecule has 0 bridgehead atoms. The van der Waals surface area contributed by atoms with E-state index in [0.717, 1.165) is 27.6 Å². The number of fused-ring (bicyclic) bond motifs is 1. The normalized spacial score (nSPS) is 11.9. The predicted molar refractivity (Wildman–Crippen MR) is 117 cm³/mol. The van der Waals surface area contributed by atoms with Crippen LogP contribution in [0.3, 0.4) is 0 Å². The third kappa shape index (κ3) is 3.55. The highest BCUT2D eigenvalue weighted by Gasteiger charge is 2.27. The highest BCUT2D eigenvalue weighted by molar-refractivity contribution is 5.95. The summed E-state index contributed by atoms with van der Waals surface area (Å²) in [7, 11) is 1.76. The van der Waals surface area contributed by atoms with Crippen LogP contribution in [0.2, 0.25) is 0 Å². The molecule has 1 N–H and O–H groups in total. The summed E-state index contributed by atoms with van der Waals surface area (Å²) < 4.78 is 0. The number of para-hydroxylation sites is 1. The number of nitrogens with zero attached hydrogens (tertiary/aromatic N) is 2. The summed E-state index contributed by atoms with van der Waals surface area (Å²) in [6.45, 7) is 2.02. The number of nitro benzene ring substituents is 1. The Hall–Kier alpha value is -3.93. The van der Waals surface area contributed by atoms with Gasteiger partial charge < -0.3 is 9.88 Å². The molecule has 0 fully saturated rings. The average Bonchev–Trinajstić information content (AvgIpc) is 3.18. The summed E-state index contributed by atoms with van der Waals surface area (Å²) in [6.07, 6.45) is 1.94. The lowest BCUT2D eigenvalue weighted by atomic mass is 9.95. The third-order valence-corrected chi connectivity index (χ3v) is 5.34. The molecule has 1 amide bonds. The van der Waals surface area contributed by atoms with Gasteiger partial charge in [0.15, 0.2) is 0 Å². The van der Waals surface area contributed by atoms with Crippen molar-refractivity contribution in [2.75, 3.05) is 7.05 Å². The van der Waals surface area contributed by atoms with Crippen molar-refractivity contribution in [1.82, 2.24) is 9.88 Å². The maximum atomic E-state index is 13.3.